The number of hydrogen-bond acceptors (Lipinski definition) is 5. The molecular formula is C26H37N3O3S. The molecule has 1 aromatic heterocycles. The van der Waals surface area contributed by atoms with Gasteiger partial charge in [0.15, 0.2) is 0 Å². The number of carbonyl (C=O) groups excluding carboxylic acids is 2. The highest BCUT2D eigenvalue weighted by Gasteiger charge is 2.29. The van der Waals surface area contributed by atoms with Crippen LogP contribution >= 0.6 is 11.3 Å². The normalized spacial score (nSPS) is 19.5. The molecule has 7 heteroatoms. The zero-order valence-corrected chi connectivity index (χ0v) is 21.0. The smallest absolute Gasteiger partial charge is 0.271 e. The molecule has 1 fully saturated rings. The Morgan fingerprint density at radius 3 is 2.45 bits per heavy atom. The second kappa shape index (κ2) is 11.6. The first-order chi connectivity index (χ1) is 15.7. The van der Waals surface area contributed by atoms with Gasteiger partial charge in [0.25, 0.3) is 5.91 Å². The van der Waals surface area contributed by atoms with E-state index in [0.29, 0.717) is 24.6 Å². The van der Waals surface area contributed by atoms with Gasteiger partial charge in [-0.2, -0.15) is 0 Å². The summed E-state index contributed by atoms with van der Waals surface area (Å²) in [5.74, 6) is 0.987. The van der Waals surface area contributed by atoms with E-state index in [1.807, 2.05) is 30.3 Å². The van der Waals surface area contributed by atoms with Crippen LogP contribution in [0.15, 0.2) is 35.7 Å². The van der Waals surface area contributed by atoms with Crippen molar-refractivity contribution in [1.82, 2.24) is 15.6 Å². The molecule has 3 rings (SSSR count). The monoisotopic (exact) mass is 471 g/mol. The van der Waals surface area contributed by atoms with Crippen LogP contribution in [0, 0.1) is 11.3 Å². The zero-order chi connectivity index (χ0) is 23.8. The molecule has 0 aliphatic heterocycles. The van der Waals surface area contributed by atoms with Gasteiger partial charge in [0.1, 0.15) is 23.1 Å². The van der Waals surface area contributed by atoms with E-state index in [1.54, 1.807) is 5.38 Å². The number of thiazole rings is 1. The molecule has 1 saturated carbocycles. The van der Waals surface area contributed by atoms with Crippen molar-refractivity contribution in [2.24, 2.45) is 11.3 Å². The molecule has 1 aliphatic rings. The quantitative estimate of drug-likeness (QED) is 0.517. The van der Waals surface area contributed by atoms with Gasteiger partial charge in [0.05, 0.1) is 0 Å². The second-order valence-electron chi connectivity index (χ2n) is 10.3. The molecule has 0 radical (unpaired) electrons. The van der Waals surface area contributed by atoms with Crippen molar-refractivity contribution in [3.8, 4) is 5.75 Å². The first-order valence-corrected chi connectivity index (χ1v) is 12.8. The van der Waals surface area contributed by atoms with E-state index in [9.17, 15) is 9.59 Å². The number of aromatic nitrogens is 1. The summed E-state index contributed by atoms with van der Waals surface area (Å²) in [6.07, 6.45) is 5.38. The summed E-state index contributed by atoms with van der Waals surface area (Å²) in [5.41, 5.74) is 0.612. The Hall–Kier alpha value is -2.41. The van der Waals surface area contributed by atoms with E-state index in [1.165, 1.54) is 11.3 Å². The summed E-state index contributed by atoms with van der Waals surface area (Å²) in [5, 5.41) is 8.84. The van der Waals surface area contributed by atoms with Crippen LogP contribution in [0.1, 0.15) is 81.7 Å². The minimum absolute atomic E-state index is 0.0310. The molecule has 33 heavy (non-hydrogen) atoms. The van der Waals surface area contributed by atoms with Gasteiger partial charge in [-0.3, -0.25) is 9.59 Å². The zero-order valence-electron chi connectivity index (χ0n) is 20.2. The van der Waals surface area contributed by atoms with Crippen LogP contribution in [0.25, 0.3) is 0 Å². The minimum Gasteiger partial charge on any atom is -0.486 e. The fourth-order valence-electron chi connectivity index (χ4n) is 4.56. The third-order valence-electron chi connectivity index (χ3n) is 5.81. The Morgan fingerprint density at radius 2 is 1.79 bits per heavy atom. The highest BCUT2D eigenvalue weighted by molar-refractivity contribution is 7.09. The largest absolute Gasteiger partial charge is 0.486 e. The van der Waals surface area contributed by atoms with E-state index in [4.69, 9.17) is 4.74 Å². The molecule has 2 amide bonds. The molecule has 3 atom stereocenters. The molecule has 2 N–H and O–H groups in total. The maximum absolute atomic E-state index is 12.8. The topological polar surface area (TPSA) is 80.3 Å². The van der Waals surface area contributed by atoms with Crippen molar-refractivity contribution < 1.29 is 14.3 Å². The van der Waals surface area contributed by atoms with Gasteiger partial charge in [-0.25, -0.2) is 4.98 Å². The van der Waals surface area contributed by atoms with Crippen molar-refractivity contribution >= 4 is 23.2 Å². The Balaban J connectivity index is 1.51. The molecular weight excluding hydrogens is 434 g/mol. The van der Waals surface area contributed by atoms with Crippen LogP contribution in [0.5, 0.6) is 5.75 Å². The predicted molar refractivity (Wildman–Crippen MR) is 132 cm³/mol. The molecule has 180 valence electrons. The SMILES string of the molecule is C[C@H](CC(=O)N[C@@H]1CCCC[C@H]1NC(=O)c1csc(COc2ccccc2)n1)CC(C)(C)C. The number of hydrogen-bond donors (Lipinski definition) is 2. The lowest BCUT2D eigenvalue weighted by Crippen LogP contribution is -2.53. The lowest BCUT2D eigenvalue weighted by molar-refractivity contribution is -0.123. The van der Waals surface area contributed by atoms with E-state index in [2.05, 4.69) is 43.3 Å². The highest BCUT2D eigenvalue weighted by Crippen LogP contribution is 2.26. The molecule has 1 aliphatic carbocycles. The van der Waals surface area contributed by atoms with Crippen LogP contribution in [0.3, 0.4) is 0 Å². The number of rotatable bonds is 9. The number of benzene rings is 1. The van der Waals surface area contributed by atoms with Crippen LogP contribution < -0.4 is 15.4 Å². The van der Waals surface area contributed by atoms with E-state index in [0.717, 1.165) is 42.9 Å². The molecule has 0 spiro atoms. The van der Waals surface area contributed by atoms with Crippen molar-refractivity contribution in [3.63, 3.8) is 0 Å². The van der Waals surface area contributed by atoms with Gasteiger partial charge in [-0.05, 0) is 42.7 Å². The summed E-state index contributed by atoms with van der Waals surface area (Å²) < 4.78 is 5.73. The first kappa shape index (κ1) is 25.2. The van der Waals surface area contributed by atoms with Crippen LogP contribution in [-0.4, -0.2) is 28.9 Å². The lowest BCUT2D eigenvalue weighted by Gasteiger charge is -2.33. The van der Waals surface area contributed by atoms with E-state index < -0.39 is 0 Å². The summed E-state index contributed by atoms with van der Waals surface area (Å²) >= 11 is 1.42. The Morgan fingerprint density at radius 1 is 1.12 bits per heavy atom. The first-order valence-electron chi connectivity index (χ1n) is 11.9. The summed E-state index contributed by atoms with van der Waals surface area (Å²) in [6, 6.07) is 9.45. The molecule has 0 bridgehead atoms. The van der Waals surface area contributed by atoms with Gasteiger partial charge in [-0.1, -0.05) is 58.7 Å². The highest BCUT2D eigenvalue weighted by atomic mass is 32.1. The van der Waals surface area contributed by atoms with Gasteiger partial charge in [0.2, 0.25) is 5.91 Å². The Kier molecular flexibility index (Phi) is 8.89. The van der Waals surface area contributed by atoms with Gasteiger partial charge in [0, 0.05) is 23.9 Å². The van der Waals surface area contributed by atoms with Gasteiger partial charge < -0.3 is 15.4 Å². The minimum atomic E-state index is -0.190. The van der Waals surface area contributed by atoms with Gasteiger partial charge >= 0.3 is 0 Å². The number of nitrogens with zero attached hydrogens (tertiary/aromatic N) is 1. The van der Waals surface area contributed by atoms with Crippen LogP contribution in [0.2, 0.25) is 0 Å². The fraction of sp³-hybridized carbons (Fsp3) is 0.577. The molecule has 1 aromatic carbocycles. The third-order valence-corrected chi connectivity index (χ3v) is 6.64. The van der Waals surface area contributed by atoms with Crippen molar-refractivity contribution in [3.05, 3.63) is 46.4 Å². The molecule has 0 saturated heterocycles. The van der Waals surface area contributed by atoms with E-state index >= 15 is 0 Å². The lowest BCUT2D eigenvalue weighted by atomic mass is 9.84. The molecule has 2 aromatic rings. The average molecular weight is 472 g/mol. The van der Waals surface area contributed by atoms with Crippen LogP contribution in [-0.2, 0) is 11.4 Å². The van der Waals surface area contributed by atoms with Crippen LogP contribution in [0.4, 0.5) is 0 Å². The predicted octanol–water partition coefficient (Wildman–Crippen LogP) is 5.34. The average Bonchev–Trinajstić information content (AvgIpc) is 3.22. The second-order valence-corrected chi connectivity index (χ2v) is 11.3. The Labute approximate surface area is 201 Å². The number of para-hydroxylation sites is 1. The number of carbonyl (C=O) groups is 2. The number of nitrogens with one attached hydrogen (secondary N) is 2. The van der Waals surface area contributed by atoms with Gasteiger partial charge in [-0.15, -0.1) is 11.3 Å². The fourth-order valence-corrected chi connectivity index (χ4v) is 5.25. The molecule has 0 unspecified atom stereocenters. The summed E-state index contributed by atoms with van der Waals surface area (Å²) in [7, 11) is 0. The standard InChI is InChI=1S/C26H37N3O3S/c1-18(15-26(2,3)4)14-23(30)27-20-12-8-9-13-21(20)29-25(31)22-17-33-24(28-22)16-32-19-10-6-5-7-11-19/h5-7,10-11,17-18,20-21H,8-9,12-16H2,1-4H3,(H,27,30)(H,29,31)/t18-,20-,21-/m1/s1. The maximum Gasteiger partial charge on any atom is 0.271 e. The van der Waals surface area contributed by atoms with E-state index in [-0.39, 0.29) is 29.3 Å². The Bertz CT molecular complexity index is 907. The maximum atomic E-state index is 12.8. The molecule has 1 heterocycles. The number of ether oxygens (including phenoxy) is 1. The summed E-state index contributed by atoms with van der Waals surface area (Å²) in [6.45, 7) is 9.06. The molecule has 6 nitrogen and oxygen atoms in total. The number of amides is 2. The third kappa shape index (κ3) is 8.46. The van der Waals surface area contributed by atoms with Crippen molar-refractivity contribution in [2.75, 3.05) is 0 Å². The van der Waals surface area contributed by atoms with Crippen molar-refractivity contribution in [2.45, 2.75) is 84.9 Å². The van der Waals surface area contributed by atoms with Crippen molar-refractivity contribution in [1.29, 1.82) is 0 Å². The summed E-state index contributed by atoms with van der Waals surface area (Å²) in [4.78, 5) is 29.9.